The number of amides is 1. The molecule has 0 spiro atoms. The van der Waals surface area contributed by atoms with Gasteiger partial charge in [-0.3, -0.25) is 9.59 Å². The van der Waals surface area contributed by atoms with Crippen LogP contribution in [0.5, 0.6) is 5.75 Å². The van der Waals surface area contributed by atoms with E-state index in [-0.39, 0.29) is 17.6 Å². The van der Waals surface area contributed by atoms with Crippen LogP contribution in [-0.2, 0) is 20.7 Å². The lowest BCUT2D eigenvalue weighted by Crippen LogP contribution is -2.35. The molecule has 0 bridgehead atoms. The zero-order chi connectivity index (χ0) is 30.6. The van der Waals surface area contributed by atoms with Crippen molar-refractivity contribution in [3.63, 3.8) is 0 Å². The quantitative estimate of drug-likeness (QED) is 0.103. The summed E-state index contributed by atoms with van der Waals surface area (Å²) in [5.41, 5.74) is 3.40. The van der Waals surface area contributed by atoms with E-state index in [4.69, 9.17) is 9.47 Å². The Kier molecular flexibility index (Phi) is 11.1. The smallest absolute Gasteiger partial charge is 0.328 e. The number of benzene rings is 4. The van der Waals surface area contributed by atoms with Crippen LogP contribution in [0.15, 0.2) is 109 Å². The van der Waals surface area contributed by atoms with Crippen LogP contribution in [0.4, 0.5) is 11.4 Å². The van der Waals surface area contributed by atoms with Crippen LogP contribution >= 0.6 is 0 Å². The first-order chi connectivity index (χ1) is 20.9. The number of carbonyl (C=O) groups excluding carboxylic acids is 3. The fourth-order valence-electron chi connectivity index (χ4n) is 4.73. The first-order valence-corrected chi connectivity index (χ1v) is 14.5. The second kappa shape index (κ2) is 15.4. The zero-order valence-corrected chi connectivity index (χ0v) is 24.9. The van der Waals surface area contributed by atoms with Crippen molar-refractivity contribution < 1.29 is 23.9 Å². The molecule has 0 saturated heterocycles. The Balaban J connectivity index is 1.37. The summed E-state index contributed by atoms with van der Waals surface area (Å²) in [4.78, 5) is 40.5. The fraction of sp³-hybridized carbons (Fsp3) is 0.250. The summed E-state index contributed by atoms with van der Waals surface area (Å²) in [5.74, 6) is 0.119. The van der Waals surface area contributed by atoms with Crippen molar-refractivity contribution >= 4 is 29.0 Å². The van der Waals surface area contributed by atoms with E-state index in [0.29, 0.717) is 48.6 Å². The van der Waals surface area contributed by atoms with Gasteiger partial charge in [-0.2, -0.15) is 0 Å². The molecular formula is C36H38N2O5. The van der Waals surface area contributed by atoms with Crippen molar-refractivity contribution in [2.45, 2.75) is 32.7 Å². The summed E-state index contributed by atoms with van der Waals surface area (Å²) in [6.07, 6.45) is 1.02. The first kappa shape index (κ1) is 31.0. The molecule has 4 rings (SSSR count). The summed E-state index contributed by atoms with van der Waals surface area (Å²) in [6, 6.07) is 32.7. The van der Waals surface area contributed by atoms with Crippen molar-refractivity contribution in [3.05, 3.63) is 126 Å². The number of ketones is 1. The van der Waals surface area contributed by atoms with Gasteiger partial charge < -0.3 is 19.7 Å². The van der Waals surface area contributed by atoms with Crippen LogP contribution in [0.1, 0.15) is 41.8 Å². The van der Waals surface area contributed by atoms with Gasteiger partial charge in [0.05, 0.1) is 13.7 Å². The minimum atomic E-state index is -0.705. The molecule has 4 aromatic carbocycles. The normalized spacial score (nSPS) is 11.4. The summed E-state index contributed by atoms with van der Waals surface area (Å²) < 4.78 is 11.0. The maximum atomic E-state index is 13.2. The third-order valence-electron chi connectivity index (χ3n) is 7.01. The van der Waals surface area contributed by atoms with Crippen LogP contribution in [0.25, 0.3) is 0 Å². The van der Waals surface area contributed by atoms with E-state index in [2.05, 4.69) is 5.32 Å². The Labute approximate surface area is 253 Å². The second-order valence-electron chi connectivity index (χ2n) is 10.5. The van der Waals surface area contributed by atoms with Gasteiger partial charge in [-0.25, -0.2) is 4.79 Å². The SMILES string of the molecule is COC(=O)[C@H](Cc1ccc(OCCCN(C(=O)C(C)C)c2ccccc2)cc1)Nc1ccccc1C(=O)c1ccccc1. The van der Waals surface area contributed by atoms with E-state index in [1.54, 1.807) is 30.3 Å². The number of carbonyl (C=O) groups is 3. The number of nitrogens with zero attached hydrogens (tertiary/aromatic N) is 1. The molecule has 0 radical (unpaired) electrons. The third kappa shape index (κ3) is 8.55. The van der Waals surface area contributed by atoms with Crippen LogP contribution < -0.4 is 15.0 Å². The number of ether oxygens (including phenoxy) is 2. The predicted molar refractivity (Wildman–Crippen MR) is 170 cm³/mol. The number of esters is 1. The van der Waals surface area contributed by atoms with E-state index in [1.165, 1.54) is 7.11 Å². The standard InChI is InChI=1S/C36H38N2O5/c1-26(2)35(40)38(29-15-8-5-9-16-29)23-12-24-43-30-21-19-27(20-22-30)25-33(36(41)42-3)37-32-18-11-10-17-31(32)34(39)28-13-6-4-7-14-28/h4-11,13-22,26,33,37H,12,23-25H2,1-3H3/t33-/m0/s1. The molecular weight excluding hydrogens is 540 g/mol. The maximum absolute atomic E-state index is 13.2. The third-order valence-corrected chi connectivity index (χ3v) is 7.01. The minimum absolute atomic E-state index is 0.0800. The number of rotatable bonds is 14. The number of para-hydroxylation sites is 2. The molecule has 0 aliphatic carbocycles. The Hall–Kier alpha value is -4.91. The van der Waals surface area contributed by atoms with Crippen molar-refractivity contribution in [2.75, 3.05) is 30.5 Å². The predicted octanol–water partition coefficient (Wildman–Crippen LogP) is 6.57. The highest BCUT2D eigenvalue weighted by atomic mass is 16.5. The molecule has 0 unspecified atom stereocenters. The molecule has 43 heavy (non-hydrogen) atoms. The number of hydrogen-bond donors (Lipinski definition) is 1. The van der Waals surface area contributed by atoms with Gasteiger partial charge in [-0.05, 0) is 48.4 Å². The molecule has 222 valence electrons. The summed E-state index contributed by atoms with van der Waals surface area (Å²) in [5, 5.41) is 3.24. The largest absolute Gasteiger partial charge is 0.494 e. The van der Waals surface area contributed by atoms with Gasteiger partial charge in [0.1, 0.15) is 11.8 Å². The molecule has 0 fully saturated rings. The molecule has 1 N–H and O–H groups in total. The van der Waals surface area contributed by atoms with Crippen molar-refractivity contribution in [1.29, 1.82) is 0 Å². The van der Waals surface area contributed by atoms with Crippen LogP contribution in [0.2, 0.25) is 0 Å². The highest BCUT2D eigenvalue weighted by molar-refractivity contribution is 6.12. The second-order valence-corrected chi connectivity index (χ2v) is 10.5. The molecule has 7 nitrogen and oxygen atoms in total. The molecule has 7 heteroatoms. The van der Waals surface area contributed by atoms with Crippen molar-refractivity contribution in [2.24, 2.45) is 5.92 Å². The van der Waals surface area contributed by atoms with Gasteiger partial charge in [-0.1, -0.05) is 86.6 Å². The van der Waals surface area contributed by atoms with Crippen molar-refractivity contribution in [1.82, 2.24) is 0 Å². The monoisotopic (exact) mass is 578 g/mol. The highest BCUT2D eigenvalue weighted by Gasteiger charge is 2.23. The number of hydrogen-bond acceptors (Lipinski definition) is 6. The average molecular weight is 579 g/mol. The Morgan fingerprint density at radius 1 is 0.791 bits per heavy atom. The average Bonchev–Trinajstić information content (AvgIpc) is 3.05. The van der Waals surface area contributed by atoms with Crippen molar-refractivity contribution in [3.8, 4) is 5.75 Å². The van der Waals surface area contributed by atoms with Gasteiger partial charge in [0.25, 0.3) is 0 Å². The van der Waals surface area contributed by atoms with Crippen LogP contribution in [0.3, 0.4) is 0 Å². The van der Waals surface area contributed by atoms with E-state index >= 15 is 0 Å². The van der Waals surface area contributed by atoms with Gasteiger partial charge in [0, 0.05) is 41.4 Å². The Morgan fingerprint density at radius 2 is 1.42 bits per heavy atom. The molecule has 0 aliphatic heterocycles. The van der Waals surface area contributed by atoms with Gasteiger partial charge in [0.15, 0.2) is 5.78 Å². The van der Waals surface area contributed by atoms with E-state index in [1.807, 2.05) is 97.6 Å². The summed E-state index contributed by atoms with van der Waals surface area (Å²) >= 11 is 0. The highest BCUT2D eigenvalue weighted by Crippen LogP contribution is 2.23. The molecule has 4 aromatic rings. The number of anilines is 2. The number of methoxy groups -OCH3 is 1. The van der Waals surface area contributed by atoms with Crippen LogP contribution in [0, 0.1) is 5.92 Å². The lowest BCUT2D eigenvalue weighted by atomic mass is 10.00. The summed E-state index contributed by atoms with van der Waals surface area (Å²) in [7, 11) is 1.35. The fourth-order valence-corrected chi connectivity index (χ4v) is 4.73. The minimum Gasteiger partial charge on any atom is -0.494 e. The van der Waals surface area contributed by atoms with Gasteiger partial charge in [-0.15, -0.1) is 0 Å². The topological polar surface area (TPSA) is 84.9 Å². The Bertz CT molecular complexity index is 1490. The molecule has 0 heterocycles. The molecule has 0 aromatic heterocycles. The molecule has 0 aliphatic rings. The zero-order valence-electron chi connectivity index (χ0n) is 24.9. The number of nitrogens with one attached hydrogen (secondary N) is 1. The van der Waals surface area contributed by atoms with E-state index in [0.717, 1.165) is 11.3 Å². The summed E-state index contributed by atoms with van der Waals surface area (Å²) in [6.45, 7) is 4.81. The van der Waals surface area contributed by atoms with E-state index < -0.39 is 12.0 Å². The van der Waals surface area contributed by atoms with E-state index in [9.17, 15) is 14.4 Å². The molecule has 0 saturated carbocycles. The molecule has 1 amide bonds. The first-order valence-electron chi connectivity index (χ1n) is 14.5. The maximum Gasteiger partial charge on any atom is 0.328 e. The Morgan fingerprint density at radius 3 is 2.07 bits per heavy atom. The lowest BCUT2D eigenvalue weighted by Gasteiger charge is -2.24. The van der Waals surface area contributed by atoms with Crippen LogP contribution in [-0.4, -0.2) is 44.0 Å². The van der Waals surface area contributed by atoms with Gasteiger partial charge >= 0.3 is 5.97 Å². The molecule has 1 atom stereocenters. The lowest BCUT2D eigenvalue weighted by molar-refractivity contribution is -0.141. The van der Waals surface area contributed by atoms with Gasteiger partial charge in [0.2, 0.25) is 5.91 Å².